The molecule has 0 aliphatic heterocycles. The summed E-state index contributed by atoms with van der Waals surface area (Å²) in [6.45, 7) is 1.40. The van der Waals surface area contributed by atoms with Crippen molar-refractivity contribution in [1.29, 1.82) is 0 Å². The fourth-order valence-electron chi connectivity index (χ4n) is 1.52. The second-order valence-corrected chi connectivity index (χ2v) is 3.92. The maximum Gasteiger partial charge on any atom is 0.325 e. The molecule has 0 radical (unpaired) electrons. The summed E-state index contributed by atoms with van der Waals surface area (Å²) in [5.41, 5.74) is 0.912. The van der Waals surface area contributed by atoms with E-state index < -0.39 is 17.9 Å². The molecular weight excluding hydrogens is 232 g/mol. The first kappa shape index (κ1) is 12.0. The van der Waals surface area contributed by atoms with Crippen molar-refractivity contribution >= 4 is 22.8 Å². The Morgan fingerprint density at radius 1 is 1.22 bits per heavy atom. The zero-order chi connectivity index (χ0) is 13.1. The van der Waals surface area contributed by atoms with Crippen LogP contribution in [0.15, 0.2) is 36.4 Å². The van der Waals surface area contributed by atoms with Crippen molar-refractivity contribution in [3.8, 4) is 0 Å². The number of carboxylic acid groups (broad SMARTS) is 1. The zero-order valence-corrected chi connectivity index (χ0v) is 9.75. The molecule has 0 aliphatic rings. The molecule has 0 spiro atoms. The number of carboxylic acids is 1. The number of carbonyl (C=O) groups is 2. The quantitative estimate of drug-likeness (QED) is 0.856. The number of aliphatic carboxylic acids is 1. The van der Waals surface area contributed by atoms with Crippen LogP contribution in [0, 0.1) is 0 Å². The predicted octanol–water partition coefficient (Wildman–Crippen LogP) is 1.44. The average Bonchev–Trinajstić information content (AvgIpc) is 2.37. The highest BCUT2D eigenvalue weighted by atomic mass is 16.4. The summed E-state index contributed by atoms with van der Waals surface area (Å²) in [7, 11) is 0. The van der Waals surface area contributed by atoms with E-state index in [1.165, 1.54) is 6.92 Å². The van der Waals surface area contributed by atoms with Gasteiger partial charge in [-0.15, -0.1) is 0 Å². The third-order valence-electron chi connectivity index (χ3n) is 2.55. The molecule has 1 heterocycles. The normalized spacial score (nSPS) is 12.1. The van der Waals surface area contributed by atoms with E-state index in [4.69, 9.17) is 5.11 Å². The molecule has 1 atom stereocenters. The molecule has 1 aromatic heterocycles. The Kier molecular flexibility index (Phi) is 3.23. The number of aromatic nitrogens is 1. The minimum Gasteiger partial charge on any atom is -0.480 e. The molecule has 5 heteroatoms. The van der Waals surface area contributed by atoms with E-state index in [0.29, 0.717) is 5.52 Å². The zero-order valence-electron chi connectivity index (χ0n) is 9.75. The van der Waals surface area contributed by atoms with Gasteiger partial charge in [0.25, 0.3) is 5.91 Å². The van der Waals surface area contributed by atoms with Gasteiger partial charge in [-0.2, -0.15) is 0 Å². The van der Waals surface area contributed by atoms with E-state index in [0.717, 1.165) is 5.39 Å². The lowest BCUT2D eigenvalue weighted by Gasteiger charge is -2.08. The lowest BCUT2D eigenvalue weighted by molar-refractivity contribution is -0.138. The minimum absolute atomic E-state index is 0.210. The molecule has 0 unspecified atom stereocenters. The Morgan fingerprint density at radius 2 is 1.94 bits per heavy atom. The Bertz CT molecular complexity index is 610. The highest BCUT2D eigenvalue weighted by Crippen LogP contribution is 2.11. The molecule has 5 nitrogen and oxygen atoms in total. The molecule has 1 aromatic carbocycles. The predicted molar refractivity (Wildman–Crippen MR) is 66.3 cm³/mol. The van der Waals surface area contributed by atoms with Gasteiger partial charge in [-0.05, 0) is 19.1 Å². The molecule has 0 aliphatic carbocycles. The van der Waals surface area contributed by atoms with Gasteiger partial charge >= 0.3 is 5.97 Å². The van der Waals surface area contributed by atoms with E-state index in [1.807, 2.05) is 18.2 Å². The Hall–Kier alpha value is -2.43. The van der Waals surface area contributed by atoms with Gasteiger partial charge in [-0.3, -0.25) is 9.59 Å². The number of para-hydroxylation sites is 1. The SMILES string of the molecule is C[C@@H](NC(=O)c1ccc2ccccc2n1)C(=O)O. The van der Waals surface area contributed by atoms with E-state index in [2.05, 4.69) is 10.3 Å². The summed E-state index contributed by atoms with van der Waals surface area (Å²) in [5.74, 6) is -1.57. The lowest BCUT2D eigenvalue weighted by atomic mass is 10.2. The van der Waals surface area contributed by atoms with E-state index >= 15 is 0 Å². The topological polar surface area (TPSA) is 79.3 Å². The molecular formula is C13H12N2O3. The van der Waals surface area contributed by atoms with Crippen LogP contribution >= 0.6 is 0 Å². The summed E-state index contributed by atoms with van der Waals surface area (Å²) in [6.07, 6.45) is 0. The summed E-state index contributed by atoms with van der Waals surface area (Å²) in [4.78, 5) is 26.6. The second kappa shape index (κ2) is 4.83. The highest BCUT2D eigenvalue weighted by molar-refractivity contribution is 5.96. The molecule has 0 saturated heterocycles. The second-order valence-electron chi connectivity index (χ2n) is 3.92. The van der Waals surface area contributed by atoms with Crippen molar-refractivity contribution in [1.82, 2.24) is 10.3 Å². The summed E-state index contributed by atoms with van der Waals surface area (Å²) in [6, 6.07) is 9.82. The van der Waals surface area contributed by atoms with E-state index in [1.54, 1.807) is 18.2 Å². The maximum atomic E-state index is 11.8. The summed E-state index contributed by atoms with van der Waals surface area (Å²) < 4.78 is 0. The molecule has 18 heavy (non-hydrogen) atoms. The van der Waals surface area contributed by atoms with Crippen LogP contribution in [0.2, 0.25) is 0 Å². The number of carbonyl (C=O) groups excluding carboxylic acids is 1. The van der Waals surface area contributed by atoms with Gasteiger partial charge < -0.3 is 10.4 Å². The van der Waals surface area contributed by atoms with Crippen LogP contribution in [0.4, 0.5) is 0 Å². The lowest BCUT2D eigenvalue weighted by Crippen LogP contribution is -2.38. The first-order valence-electron chi connectivity index (χ1n) is 5.47. The molecule has 0 saturated carbocycles. The Morgan fingerprint density at radius 3 is 2.67 bits per heavy atom. The standard InChI is InChI=1S/C13H12N2O3/c1-8(13(17)18)14-12(16)11-7-6-9-4-2-3-5-10(9)15-11/h2-8H,1H3,(H,14,16)(H,17,18)/t8-/m1/s1. The Balaban J connectivity index is 2.25. The number of rotatable bonds is 3. The average molecular weight is 244 g/mol. The Labute approximate surface area is 103 Å². The number of hydrogen-bond donors (Lipinski definition) is 2. The van der Waals surface area contributed by atoms with Gasteiger partial charge in [0.15, 0.2) is 0 Å². The molecule has 0 fully saturated rings. The van der Waals surface area contributed by atoms with Crippen molar-refractivity contribution < 1.29 is 14.7 Å². The molecule has 2 N–H and O–H groups in total. The molecule has 2 rings (SSSR count). The number of benzene rings is 1. The molecule has 0 bridgehead atoms. The van der Waals surface area contributed by atoms with Crippen molar-refractivity contribution in [2.75, 3.05) is 0 Å². The van der Waals surface area contributed by atoms with Gasteiger partial charge in [0, 0.05) is 5.39 Å². The minimum atomic E-state index is -1.08. The van der Waals surface area contributed by atoms with Crippen LogP contribution in [0.1, 0.15) is 17.4 Å². The van der Waals surface area contributed by atoms with Crippen LogP contribution in [0.5, 0.6) is 0 Å². The molecule has 1 amide bonds. The van der Waals surface area contributed by atoms with Crippen molar-refractivity contribution in [2.24, 2.45) is 0 Å². The van der Waals surface area contributed by atoms with Crippen molar-refractivity contribution in [3.05, 3.63) is 42.1 Å². The smallest absolute Gasteiger partial charge is 0.325 e. The van der Waals surface area contributed by atoms with Crippen molar-refractivity contribution in [3.63, 3.8) is 0 Å². The van der Waals surface area contributed by atoms with Crippen LogP contribution in [0.25, 0.3) is 10.9 Å². The fourth-order valence-corrected chi connectivity index (χ4v) is 1.52. The van der Waals surface area contributed by atoms with Gasteiger partial charge in [0.05, 0.1) is 5.52 Å². The first-order chi connectivity index (χ1) is 8.58. The fraction of sp³-hybridized carbons (Fsp3) is 0.154. The summed E-state index contributed by atoms with van der Waals surface area (Å²) >= 11 is 0. The third-order valence-corrected chi connectivity index (χ3v) is 2.55. The van der Waals surface area contributed by atoms with E-state index in [9.17, 15) is 9.59 Å². The summed E-state index contributed by atoms with van der Waals surface area (Å²) in [5, 5.41) is 12.0. The van der Waals surface area contributed by atoms with Gasteiger partial charge in [-0.1, -0.05) is 24.3 Å². The maximum absolute atomic E-state index is 11.8. The van der Waals surface area contributed by atoms with Crippen LogP contribution in [-0.2, 0) is 4.79 Å². The number of fused-ring (bicyclic) bond motifs is 1. The third kappa shape index (κ3) is 2.45. The van der Waals surface area contributed by atoms with Gasteiger partial charge in [-0.25, -0.2) is 4.98 Å². The number of nitrogens with one attached hydrogen (secondary N) is 1. The first-order valence-corrected chi connectivity index (χ1v) is 5.47. The molecule has 92 valence electrons. The van der Waals surface area contributed by atoms with Crippen LogP contribution < -0.4 is 5.32 Å². The highest BCUT2D eigenvalue weighted by Gasteiger charge is 2.16. The van der Waals surface area contributed by atoms with Gasteiger partial charge in [0.1, 0.15) is 11.7 Å². The molecule has 2 aromatic rings. The number of pyridine rings is 1. The number of hydrogen-bond acceptors (Lipinski definition) is 3. The number of amides is 1. The monoisotopic (exact) mass is 244 g/mol. The largest absolute Gasteiger partial charge is 0.480 e. The van der Waals surface area contributed by atoms with Gasteiger partial charge in [0.2, 0.25) is 0 Å². The van der Waals surface area contributed by atoms with Crippen LogP contribution in [0.3, 0.4) is 0 Å². The number of nitrogens with zero attached hydrogens (tertiary/aromatic N) is 1. The van der Waals surface area contributed by atoms with Crippen molar-refractivity contribution in [2.45, 2.75) is 13.0 Å². The van der Waals surface area contributed by atoms with Crippen LogP contribution in [-0.4, -0.2) is 28.0 Å². The van der Waals surface area contributed by atoms with E-state index in [-0.39, 0.29) is 5.69 Å².